The average molecular weight is 295 g/mol. The molecule has 2 aliphatic rings. The molecule has 1 saturated heterocycles. The van der Waals surface area contributed by atoms with Gasteiger partial charge in [-0.1, -0.05) is 19.3 Å². The molecule has 1 saturated carbocycles. The van der Waals surface area contributed by atoms with Crippen LogP contribution in [0.3, 0.4) is 0 Å². The van der Waals surface area contributed by atoms with E-state index in [0.29, 0.717) is 6.54 Å². The summed E-state index contributed by atoms with van der Waals surface area (Å²) >= 11 is 0. The summed E-state index contributed by atoms with van der Waals surface area (Å²) in [5, 5.41) is 3.12. The zero-order valence-electron chi connectivity index (χ0n) is 13.8. The second kappa shape index (κ2) is 9.42. The van der Waals surface area contributed by atoms with E-state index >= 15 is 0 Å². The number of carbonyl (C=O) groups is 1. The van der Waals surface area contributed by atoms with Crippen LogP contribution < -0.4 is 5.32 Å². The van der Waals surface area contributed by atoms with E-state index in [0.717, 1.165) is 19.0 Å². The Balaban J connectivity index is 1.49. The smallest absolute Gasteiger partial charge is 0.234 e. The number of nitrogens with zero attached hydrogens (tertiary/aromatic N) is 2. The van der Waals surface area contributed by atoms with Crippen molar-refractivity contribution in [1.29, 1.82) is 0 Å². The molecule has 0 unspecified atom stereocenters. The lowest BCUT2D eigenvalue weighted by molar-refractivity contribution is -0.122. The van der Waals surface area contributed by atoms with E-state index in [4.69, 9.17) is 0 Å². The maximum absolute atomic E-state index is 12.0. The van der Waals surface area contributed by atoms with Gasteiger partial charge in [-0.25, -0.2) is 0 Å². The monoisotopic (exact) mass is 295 g/mol. The van der Waals surface area contributed by atoms with Gasteiger partial charge < -0.3 is 10.2 Å². The Morgan fingerprint density at radius 2 is 1.86 bits per heavy atom. The van der Waals surface area contributed by atoms with E-state index < -0.39 is 0 Å². The summed E-state index contributed by atoms with van der Waals surface area (Å²) in [7, 11) is 2.06. The van der Waals surface area contributed by atoms with Crippen LogP contribution in [0.2, 0.25) is 0 Å². The van der Waals surface area contributed by atoms with E-state index in [9.17, 15) is 4.79 Å². The van der Waals surface area contributed by atoms with E-state index in [-0.39, 0.29) is 5.91 Å². The molecule has 1 heterocycles. The maximum atomic E-state index is 12.0. The van der Waals surface area contributed by atoms with Crippen molar-refractivity contribution < 1.29 is 4.79 Å². The predicted octanol–water partition coefficient (Wildman–Crippen LogP) is 2.10. The third kappa shape index (κ3) is 6.79. The molecule has 0 aromatic heterocycles. The Labute approximate surface area is 130 Å². The van der Waals surface area contributed by atoms with Gasteiger partial charge in [0.1, 0.15) is 0 Å². The first kappa shape index (κ1) is 16.8. The number of rotatable bonds is 8. The highest BCUT2D eigenvalue weighted by molar-refractivity contribution is 5.77. The van der Waals surface area contributed by atoms with Crippen molar-refractivity contribution in [3.05, 3.63) is 0 Å². The van der Waals surface area contributed by atoms with Crippen molar-refractivity contribution in [1.82, 2.24) is 15.1 Å². The van der Waals surface area contributed by atoms with E-state index in [1.165, 1.54) is 71.0 Å². The molecule has 1 N–H and O–H groups in total. The van der Waals surface area contributed by atoms with Crippen LogP contribution in [-0.2, 0) is 4.79 Å². The van der Waals surface area contributed by atoms with Gasteiger partial charge in [0.25, 0.3) is 0 Å². The standard InChI is InChI=1S/C17H33N3O/c1-19(10-7-13-20-11-5-6-12-20)15-17(21)18-14-16-8-3-2-4-9-16/h16H,2-15H2,1H3,(H,18,21). The second-order valence-corrected chi connectivity index (χ2v) is 6.95. The van der Waals surface area contributed by atoms with Crippen LogP contribution in [0.15, 0.2) is 0 Å². The summed E-state index contributed by atoms with van der Waals surface area (Å²) in [5.41, 5.74) is 0. The van der Waals surface area contributed by atoms with Crippen molar-refractivity contribution in [2.24, 2.45) is 5.92 Å². The SMILES string of the molecule is CN(CCCN1CCCC1)CC(=O)NCC1CCCCC1. The quantitative estimate of drug-likeness (QED) is 0.745. The topological polar surface area (TPSA) is 35.6 Å². The fraction of sp³-hybridized carbons (Fsp3) is 0.941. The molecule has 0 atom stereocenters. The summed E-state index contributed by atoms with van der Waals surface area (Å²) in [6.07, 6.45) is 10.6. The molecule has 2 fully saturated rings. The van der Waals surface area contributed by atoms with Crippen LogP contribution in [0, 0.1) is 5.92 Å². The molecule has 0 radical (unpaired) electrons. The number of carbonyl (C=O) groups excluding carboxylic acids is 1. The Hall–Kier alpha value is -0.610. The second-order valence-electron chi connectivity index (χ2n) is 6.95. The van der Waals surface area contributed by atoms with Crippen molar-refractivity contribution in [2.45, 2.75) is 51.4 Å². The van der Waals surface area contributed by atoms with Crippen molar-refractivity contribution in [2.75, 3.05) is 46.3 Å². The van der Waals surface area contributed by atoms with Crippen molar-refractivity contribution >= 4 is 5.91 Å². The first-order chi connectivity index (χ1) is 10.2. The highest BCUT2D eigenvalue weighted by atomic mass is 16.2. The number of likely N-dealkylation sites (tertiary alicyclic amines) is 1. The molecule has 1 aliphatic carbocycles. The Kier molecular flexibility index (Phi) is 7.51. The minimum Gasteiger partial charge on any atom is -0.355 e. The lowest BCUT2D eigenvalue weighted by Gasteiger charge is -2.23. The fourth-order valence-electron chi connectivity index (χ4n) is 3.60. The van der Waals surface area contributed by atoms with Crippen LogP contribution in [0.4, 0.5) is 0 Å². The number of likely N-dealkylation sites (N-methyl/N-ethyl adjacent to an activating group) is 1. The number of amides is 1. The normalized spacial score (nSPS) is 21.0. The van der Waals surface area contributed by atoms with Crippen LogP contribution in [0.1, 0.15) is 51.4 Å². The Bertz CT molecular complexity index is 296. The molecule has 0 spiro atoms. The van der Waals surface area contributed by atoms with Gasteiger partial charge in [0.2, 0.25) is 5.91 Å². The van der Waals surface area contributed by atoms with Crippen LogP contribution in [0.25, 0.3) is 0 Å². The molecule has 2 rings (SSSR count). The van der Waals surface area contributed by atoms with Gasteiger partial charge >= 0.3 is 0 Å². The zero-order valence-corrected chi connectivity index (χ0v) is 13.8. The van der Waals surface area contributed by atoms with Crippen molar-refractivity contribution in [3.8, 4) is 0 Å². The minimum atomic E-state index is 0.198. The highest BCUT2D eigenvalue weighted by Gasteiger charge is 2.15. The zero-order chi connectivity index (χ0) is 14.9. The van der Waals surface area contributed by atoms with Crippen LogP contribution in [0.5, 0.6) is 0 Å². The molecule has 0 aromatic rings. The van der Waals surface area contributed by atoms with Crippen LogP contribution in [-0.4, -0.2) is 62.0 Å². The number of hydrogen-bond donors (Lipinski definition) is 1. The number of nitrogens with one attached hydrogen (secondary N) is 1. The third-order valence-corrected chi connectivity index (χ3v) is 4.94. The molecule has 4 heteroatoms. The maximum Gasteiger partial charge on any atom is 0.234 e. The lowest BCUT2D eigenvalue weighted by Crippen LogP contribution is -2.38. The molecule has 1 amide bonds. The average Bonchev–Trinajstić information content (AvgIpc) is 2.99. The van der Waals surface area contributed by atoms with Gasteiger partial charge in [-0.2, -0.15) is 0 Å². The summed E-state index contributed by atoms with van der Waals surface area (Å²) < 4.78 is 0. The first-order valence-corrected chi connectivity index (χ1v) is 8.91. The van der Waals surface area contributed by atoms with Gasteiger partial charge in [0.05, 0.1) is 6.54 Å². The molecule has 0 bridgehead atoms. The van der Waals surface area contributed by atoms with Gasteiger partial charge in [-0.15, -0.1) is 0 Å². The summed E-state index contributed by atoms with van der Waals surface area (Å²) in [6.45, 7) is 6.19. The Morgan fingerprint density at radius 3 is 2.57 bits per heavy atom. The summed E-state index contributed by atoms with van der Waals surface area (Å²) in [5.74, 6) is 0.924. The molecular formula is C17H33N3O. The molecule has 4 nitrogen and oxygen atoms in total. The van der Waals surface area contributed by atoms with Gasteiger partial charge in [0.15, 0.2) is 0 Å². The lowest BCUT2D eigenvalue weighted by atomic mass is 9.89. The van der Waals surface area contributed by atoms with E-state index in [2.05, 4.69) is 22.2 Å². The minimum absolute atomic E-state index is 0.198. The summed E-state index contributed by atoms with van der Waals surface area (Å²) in [6, 6.07) is 0. The molecule has 1 aliphatic heterocycles. The molecular weight excluding hydrogens is 262 g/mol. The summed E-state index contributed by atoms with van der Waals surface area (Å²) in [4.78, 5) is 16.6. The molecule has 21 heavy (non-hydrogen) atoms. The van der Waals surface area contributed by atoms with E-state index in [1.54, 1.807) is 0 Å². The molecule has 0 aromatic carbocycles. The highest BCUT2D eigenvalue weighted by Crippen LogP contribution is 2.22. The van der Waals surface area contributed by atoms with Gasteiger partial charge in [-0.3, -0.25) is 9.69 Å². The van der Waals surface area contributed by atoms with Gasteiger partial charge in [0, 0.05) is 6.54 Å². The predicted molar refractivity (Wildman–Crippen MR) is 87.4 cm³/mol. The largest absolute Gasteiger partial charge is 0.355 e. The van der Waals surface area contributed by atoms with Crippen molar-refractivity contribution in [3.63, 3.8) is 0 Å². The Morgan fingerprint density at radius 1 is 1.14 bits per heavy atom. The third-order valence-electron chi connectivity index (χ3n) is 4.94. The molecule has 122 valence electrons. The number of hydrogen-bond acceptors (Lipinski definition) is 3. The fourth-order valence-corrected chi connectivity index (χ4v) is 3.60. The van der Waals surface area contributed by atoms with E-state index in [1.807, 2.05) is 0 Å². The van der Waals surface area contributed by atoms with Gasteiger partial charge in [-0.05, 0) is 71.2 Å². The first-order valence-electron chi connectivity index (χ1n) is 8.91. The van der Waals surface area contributed by atoms with Crippen LogP contribution >= 0.6 is 0 Å².